The molecule has 30 heavy (non-hydrogen) atoms. The molecule has 2 aliphatic rings. The van der Waals surface area contributed by atoms with Crippen LogP contribution in [0.3, 0.4) is 0 Å². The summed E-state index contributed by atoms with van der Waals surface area (Å²) in [7, 11) is -3.64. The van der Waals surface area contributed by atoms with Crippen molar-refractivity contribution >= 4 is 39.1 Å². The number of anilines is 1. The summed E-state index contributed by atoms with van der Waals surface area (Å²) in [5, 5.41) is 5.53. The van der Waals surface area contributed by atoms with Gasteiger partial charge in [0, 0.05) is 11.3 Å². The average molecular weight is 445 g/mol. The predicted octanol–water partition coefficient (Wildman–Crippen LogP) is 3.48. The molecule has 2 aromatic carbocycles. The van der Waals surface area contributed by atoms with Crippen LogP contribution in [0.1, 0.15) is 43.4 Å². The first kappa shape index (κ1) is 20.9. The fourth-order valence-electron chi connectivity index (χ4n) is 3.90. The quantitative estimate of drug-likeness (QED) is 0.737. The van der Waals surface area contributed by atoms with Crippen LogP contribution in [0.25, 0.3) is 0 Å². The SMILES string of the molecule is C[C@H]1Sc2ccc(S(=O)(=O)CCC(=O)N[C@@H]3CCCc4ccccc43)cc2NC1=O. The van der Waals surface area contributed by atoms with E-state index in [-0.39, 0.29) is 40.2 Å². The number of carbonyl (C=O) groups excluding carboxylic acids is 2. The predicted molar refractivity (Wildman–Crippen MR) is 117 cm³/mol. The molecule has 2 atom stereocenters. The van der Waals surface area contributed by atoms with E-state index in [1.807, 2.05) is 18.2 Å². The van der Waals surface area contributed by atoms with Crippen molar-refractivity contribution in [2.45, 2.75) is 53.7 Å². The molecule has 0 spiro atoms. The highest BCUT2D eigenvalue weighted by Gasteiger charge is 2.26. The van der Waals surface area contributed by atoms with Crippen LogP contribution in [0.5, 0.6) is 0 Å². The maximum absolute atomic E-state index is 12.8. The summed E-state index contributed by atoms with van der Waals surface area (Å²) >= 11 is 1.40. The molecule has 4 rings (SSSR count). The minimum absolute atomic E-state index is 0.0666. The molecule has 0 bridgehead atoms. The second-order valence-corrected chi connectivity index (χ2v) is 11.2. The number of hydrogen-bond acceptors (Lipinski definition) is 5. The van der Waals surface area contributed by atoms with Gasteiger partial charge in [0.15, 0.2) is 9.84 Å². The normalized spacial score (nSPS) is 20.6. The summed E-state index contributed by atoms with van der Waals surface area (Å²) in [6, 6.07) is 12.7. The number of aryl methyl sites for hydroxylation is 1. The Kier molecular flexibility index (Phi) is 5.88. The Bertz CT molecular complexity index is 1100. The van der Waals surface area contributed by atoms with E-state index < -0.39 is 9.84 Å². The molecule has 2 N–H and O–H groups in total. The maximum atomic E-state index is 12.8. The molecule has 0 unspecified atom stereocenters. The zero-order valence-electron chi connectivity index (χ0n) is 16.7. The van der Waals surface area contributed by atoms with E-state index in [1.54, 1.807) is 19.1 Å². The molecule has 0 saturated carbocycles. The smallest absolute Gasteiger partial charge is 0.237 e. The highest BCUT2D eigenvalue weighted by molar-refractivity contribution is 8.01. The lowest BCUT2D eigenvalue weighted by Gasteiger charge is -2.26. The topological polar surface area (TPSA) is 92.3 Å². The molecule has 6 nitrogen and oxygen atoms in total. The van der Waals surface area contributed by atoms with Gasteiger partial charge in [-0.05, 0) is 55.5 Å². The maximum Gasteiger partial charge on any atom is 0.237 e. The number of benzene rings is 2. The Morgan fingerprint density at radius 2 is 2.03 bits per heavy atom. The standard InChI is InChI=1S/C22H24N2O4S2/c1-14-22(26)24-19-13-16(9-10-20(19)29-14)30(27,28)12-11-21(25)23-18-8-4-6-15-5-2-3-7-17(15)18/h2-3,5,7,9-10,13-14,18H,4,6,8,11-12H2,1H3,(H,23,25)(H,24,26)/t14-,18-/m1/s1. The number of nitrogens with one attached hydrogen (secondary N) is 2. The third-order valence-corrected chi connectivity index (χ3v) is 8.43. The van der Waals surface area contributed by atoms with E-state index in [1.165, 1.54) is 23.4 Å². The van der Waals surface area contributed by atoms with E-state index in [0.29, 0.717) is 5.69 Å². The van der Waals surface area contributed by atoms with Gasteiger partial charge in [-0.3, -0.25) is 9.59 Å². The minimum Gasteiger partial charge on any atom is -0.349 e. The van der Waals surface area contributed by atoms with Crippen LogP contribution in [0, 0.1) is 0 Å². The largest absolute Gasteiger partial charge is 0.349 e. The van der Waals surface area contributed by atoms with Crippen molar-refractivity contribution < 1.29 is 18.0 Å². The number of hydrogen-bond donors (Lipinski definition) is 2. The van der Waals surface area contributed by atoms with Gasteiger partial charge in [0.25, 0.3) is 0 Å². The van der Waals surface area contributed by atoms with Gasteiger partial charge in [-0.15, -0.1) is 11.8 Å². The van der Waals surface area contributed by atoms with Crippen LogP contribution in [-0.2, 0) is 25.8 Å². The van der Waals surface area contributed by atoms with Gasteiger partial charge in [-0.1, -0.05) is 24.3 Å². The summed E-state index contributed by atoms with van der Waals surface area (Å²) in [6.45, 7) is 1.80. The van der Waals surface area contributed by atoms with Gasteiger partial charge in [0.05, 0.1) is 27.6 Å². The molecule has 2 amide bonds. The molecule has 1 aliphatic heterocycles. The van der Waals surface area contributed by atoms with Crippen LogP contribution >= 0.6 is 11.8 Å². The third kappa shape index (κ3) is 4.39. The Morgan fingerprint density at radius 3 is 2.87 bits per heavy atom. The summed E-state index contributed by atoms with van der Waals surface area (Å²) in [5.74, 6) is -0.686. The lowest BCUT2D eigenvalue weighted by atomic mass is 9.88. The van der Waals surface area contributed by atoms with Gasteiger partial charge in [0.1, 0.15) is 0 Å². The van der Waals surface area contributed by atoms with Gasteiger partial charge in [-0.2, -0.15) is 0 Å². The van der Waals surface area contributed by atoms with Crippen LogP contribution in [0.15, 0.2) is 52.3 Å². The lowest BCUT2D eigenvalue weighted by molar-refractivity contribution is -0.121. The van der Waals surface area contributed by atoms with Crippen molar-refractivity contribution in [3.63, 3.8) is 0 Å². The molecule has 0 fully saturated rings. The first-order chi connectivity index (χ1) is 14.3. The first-order valence-electron chi connectivity index (χ1n) is 10.0. The molecule has 1 aliphatic carbocycles. The average Bonchev–Trinajstić information content (AvgIpc) is 2.73. The lowest BCUT2D eigenvalue weighted by Crippen LogP contribution is -2.32. The number of rotatable bonds is 5. The van der Waals surface area contributed by atoms with Crippen LogP contribution in [-0.4, -0.2) is 31.2 Å². The molecule has 8 heteroatoms. The van der Waals surface area contributed by atoms with Crippen molar-refractivity contribution in [2.24, 2.45) is 0 Å². The zero-order valence-corrected chi connectivity index (χ0v) is 18.3. The van der Waals surface area contributed by atoms with Gasteiger partial charge in [-0.25, -0.2) is 8.42 Å². The minimum atomic E-state index is -3.64. The zero-order chi connectivity index (χ0) is 21.3. The van der Waals surface area contributed by atoms with Crippen molar-refractivity contribution in [3.8, 4) is 0 Å². The summed E-state index contributed by atoms with van der Waals surface area (Å²) in [5.41, 5.74) is 2.87. The molecule has 158 valence electrons. The van der Waals surface area contributed by atoms with E-state index in [0.717, 1.165) is 29.7 Å². The molecule has 2 aromatic rings. The number of thioether (sulfide) groups is 1. The van der Waals surface area contributed by atoms with Crippen molar-refractivity contribution in [2.75, 3.05) is 11.1 Å². The molecular formula is C22H24N2O4S2. The Morgan fingerprint density at radius 1 is 1.23 bits per heavy atom. The van der Waals surface area contributed by atoms with E-state index >= 15 is 0 Å². The van der Waals surface area contributed by atoms with Crippen molar-refractivity contribution in [1.82, 2.24) is 5.32 Å². The van der Waals surface area contributed by atoms with E-state index in [9.17, 15) is 18.0 Å². The van der Waals surface area contributed by atoms with Gasteiger partial charge in [0.2, 0.25) is 11.8 Å². The Hall–Kier alpha value is -2.32. The summed E-state index contributed by atoms with van der Waals surface area (Å²) in [4.78, 5) is 25.3. The number of carbonyl (C=O) groups is 2. The second-order valence-electron chi connectivity index (χ2n) is 7.69. The monoisotopic (exact) mass is 444 g/mol. The first-order valence-corrected chi connectivity index (χ1v) is 12.6. The number of fused-ring (bicyclic) bond motifs is 2. The van der Waals surface area contributed by atoms with E-state index in [4.69, 9.17) is 0 Å². The van der Waals surface area contributed by atoms with Crippen LogP contribution < -0.4 is 10.6 Å². The summed E-state index contributed by atoms with van der Waals surface area (Å²) in [6.07, 6.45) is 2.76. The molecule has 0 radical (unpaired) electrons. The molecule has 0 aromatic heterocycles. The fraction of sp³-hybridized carbons (Fsp3) is 0.364. The van der Waals surface area contributed by atoms with Crippen LogP contribution in [0.4, 0.5) is 5.69 Å². The molecule has 1 heterocycles. The third-order valence-electron chi connectivity index (χ3n) is 5.54. The second kappa shape index (κ2) is 8.43. The van der Waals surface area contributed by atoms with Crippen molar-refractivity contribution in [1.29, 1.82) is 0 Å². The highest BCUT2D eigenvalue weighted by atomic mass is 32.2. The van der Waals surface area contributed by atoms with Crippen molar-refractivity contribution in [3.05, 3.63) is 53.6 Å². The fourth-order valence-corrected chi connectivity index (χ4v) is 6.09. The number of sulfone groups is 1. The van der Waals surface area contributed by atoms with E-state index in [2.05, 4.69) is 16.7 Å². The number of amides is 2. The van der Waals surface area contributed by atoms with Gasteiger partial charge < -0.3 is 10.6 Å². The van der Waals surface area contributed by atoms with Gasteiger partial charge >= 0.3 is 0 Å². The Labute approximate surface area is 180 Å². The highest BCUT2D eigenvalue weighted by Crippen LogP contribution is 2.37. The molecular weight excluding hydrogens is 420 g/mol. The Balaban J connectivity index is 1.41. The van der Waals surface area contributed by atoms with Crippen LogP contribution in [0.2, 0.25) is 0 Å². The summed E-state index contributed by atoms with van der Waals surface area (Å²) < 4.78 is 25.5. The molecule has 0 saturated heterocycles.